The van der Waals surface area contributed by atoms with Gasteiger partial charge in [0.2, 0.25) is 0 Å². The minimum atomic E-state index is -0.847. The van der Waals surface area contributed by atoms with E-state index in [1.54, 1.807) is 10.9 Å². The highest BCUT2D eigenvalue weighted by Crippen LogP contribution is 2.18. The molecule has 0 saturated heterocycles. The number of nitrogens with one attached hydrogen (secondary N) is 1. The van der Waals surface area contributed by atoms with Crippen LogP contribution in [-0.2, 0) is 12.6 Å². The second-order valence-corrected chi connectivity index (χ2v) is 5.20. The van der Waals surface area contributed by atoms with Gasteiger partial charge in [-0.15, -0.1) is 0 Å². The lowest BCUT2D eigenvalue weighted by atomic mass is 9.99. The molecule has 0 amide bonds. The third kappa shape index (κ3) is 4.48. The summed E-state index contributed by atoms with van der Waals surface area (Å²) in [7, 11) is 1.86. The summed E-state index contributed by atoms with van der Waals surface area (Å²) in [6.07, 6.45) is 6.01. The Bertz CT molecular complexity index is 333. The number of aromatic nitrogens is 2. The number of rotatable bonds is 7. The number of nitrogens with zero attached hydrogens (tertiary/aromatic N) is 2. The largest absolute Gasteiger partial charge is 0.384 e. The molecule has 1 rings (SSSR count). The van der Waals surface area contributed by atoms with E-state index in [1.807, 2.05) is 20.2 Å². The van der Waals surface area contributed by atoms with Crippen LogP contribution >= 0.6 is 0 Å². The van der Waals surface area contributed by atoms with Crippen molar-refractivity contribution >= 4 is 0 Å². The van der Waals surface area contributed by atoms with Crippen LogP contribution < -0.4 is 5.32 Å². The van der Waals surface area contributed by atoms with Crippen LogP contribution in [0.5, 0.6) is 0 Å². The van der Waals surface area contributed by atoms with Crippen LogP contribution in [0.25, 0.3) is 0 Å². The molecule has 0 spiro atoms. The van der Waals surface area contributed by atoms with Crippen molar-refractivity contribution < 1.29 is 5.11 Å². The summed E-state index contributed by atoms with van der Waals surface area (Å²) in [5, 5.41) is 17.7. The number of hydrogen-bond acceptors (Lipinski definition) is 3. The van der Waals surface area contributed by atoms with Crippen molar-refractivity contribution in [2.75, 3.05) is 13.1 Å². The molecule has 1 aromatic heterocycles. The first-order valence-corrected chi connectivity index (χ1v) is 6.38. The summed E-state index contributed by atoms with van der Waals surface area (Å²) in [5.41, 5.74) is 0.0100. The number of aryl methyl sites for hydroxylation is 1. The topological polar surface area (TPSA) is 50.1 Å². The SMILES string of the molecule is CCCC(C)CNCC(C)(O)c1cnn(C)c1. The minimum Gasteiger partial charge on any atom is -0.384 e. The molecule has 2 unspecified atom stereocenters. The standard InChI is InChI=1S/C13H25N3O/c1-5-6-11(2)7-14-10-13(3,17)12-8-15-16(4)9-12/h8-9,11,14,17H,5-7,10H2,1-4H3. The highest BCUT2D eigenvalue weighted by Gasteiger charge is 2.24. The van der Waals surface area contributed by atoms with E-state index in [9.17, 15) is 5.11 Å². The Hall–Kier alpha value is -0.870. The molecule has 0 bridgehead atoms. The molecule has 2 N–H and O–H groups in total. The highest BCUT2D eigenvalue weighted by atomic mass is 16.3. The van der Waals surface area contributed by atoms with E-state index >= 15 is 0 Å². The van der Waals surface area contributed by atoms with Gasteiger partial charge in [-0.2, -0.15) is 5.10 Å². The van der Waals surface area contributed by atoms with E-state index < -0.39 is 5.60 Å². The van der Waals surface area contributed by atoms with Crippen molar-refractivity contribution in [1.29, 1.82) is 0 Å². The van der Waals surface area contributed by atoms with Crippen LogP contribution in [0.3, 0.4) is 0 Å². The van der Waals surface area contributed by atoms with Crippen LogP contribution in [0, 0.1) is 5.92 Å². The summed E-state index contributed by atoms with van der Waals surface area (Å²) in [4.78, 5) is 0. The molecule has 2 atom stereocenters. The fourth-order valence-electron chi connectivity index (χ4n) is 1.96. The van der Waals surface area contributed by atoms with Gasteiger partial charge in [-0.3, -0.25) is 4.68 Å². The lowest BCUT2D eigenvalue weighted by Gasteiger charge is -2.23. The second kappa shape index (κ2) is 6.17. The fraction of sp³-hybridized carbons (Fsp3) is 0.769. The van der Waals surface area contributed by atoms with Crippen molar-refractivity contribution in [2.45, 2.75) is 39.2 Å². The van der Waals surface area contributed by atoms with Gasteiger partial charge in [0.05, 0.1) is 6.20 Å². The quantitative estimate of drug-likeness (QED) is 0.760. The monoisotopic (exact) mass is 239 g/mol. The van der Waals surface area contributed by atoms with Crippen molar-refractivity contribution in [2.24, 2.45) is 13.0 Å². The Kier molecular flexibility index (Phi) is 5.15. The van der Waals surface area contributed by atoms with E-state index in [0.29, 0.717) is 12.5 Å². The molecule has 0 aliphatic heterocycles. The highest BCUT2D eigenvalue weighted by molar-refractivity contribution is 5.14. The van der Waals surface area contributed by atoms with Gasteiger partial charge >= 0.3 is 0 Å². The van der Waals surface area contributed by atoms with Gasteiger partial charge in [-0.25, -0.2) is 0 Å². The van der Waals surface area contributed by atoms with Gasteiger partial charge in [-0.05, 0) is 25.8 Å². The fourth-order valence-corrected chi connectivity index (χ4v) is 1.96. The van der Waals surface area contributed by atoms with Gasteiger partial charge in [0.15, 0.2) is 0 Å². The lowest BCUT2D eigenvalue weighted by molar-refractivity contribution is 0.0560. The Morgan fingerprint density at radius 1 is 1.59 bits per heavy atom. The first-order chi connectivity index (χ1) is 7.95. The molecule has 4 heteroatoms. The maximum Gasteiger partial charge on any atom is 0.102 e. The van der Waals surface area contributed by atoms with Crippen molar-refractivity contribution in [3.8, 4) is 0 Å². The van der Waals surface area contributed by atoms with Gasteiger partial charge in [0.1, 0.15) is 5.60 Å². The summed E-state index contributed by atoms with van der Waals surface area (Å²) in [5.74, 6) is 0.657. The Balaban J connectivity index is 2.39. The zero-order valence-electron chi connectivity index (χ0n) is 11.4. The van der Waals surface area contributed by atoms with E-state index in [0.717, 1.165) is 12.1 Å². The van der Waals surface area contributed by atoms with Crippen LogP contribution in [-0.4, -0.2) is 28.0 Å². The zero-order chi connectivity index (χ0) is 12.9. The maximum absolute atomic E-state index is 10.3. The first-order valence-electron chi connectivity index (χ1n) is 6.38. The minimum absolute atomic E-state index is 0.562. The predicted molar refractivity (Wildman–Crippen MR) is 69.7 cm³/mol. The molecule has 0 fully saturated rings. The average Bonchev–Trinajstić information content (AvgIpc) is 2.65. The summed E-state index contributed by atoms with van der Waals surface area (Å²) < 4.78 is 1.71. The van der Waals surface area contributed by atoms with Gasteiger partial charge in [0, 0.05) is 25.4 Å². The molecule has 0 aliphatic carbocycles. The summed E-state index contributed by atoms with van der Waals surface area (Å²) in [6.45, 7) is 7.76. The molecular formula is C13H25N3O. The molecule has 0 saturated carbocycles. The molecule has 4 nitrogen and oxygen atoms in total. The zero-order valence-corrected chi connectivity index (χ0v) is 11.4. The van der Waals surface area contributed by atoms with Crippen LogP contribution in [0.2, 0.25) is 0 Å². The molecule has 1 aromatic rings. The van der Waals surface area contributed by atoms with Crippen LogP contribution in [0.15, 0.2) is 12.4 Å². The first kappa shape index (κ1) is 14.2. The van der Waals surface area contributed by atoms with Gasteiger partial charge in [0.25, 0.3) is 0 Å². The Labute approximate surface area is 104 Å². The predicted octanol–water partition coefficient (Wildman–Crippen LogP) is 1.65. The van der Waals surface area contributed by atoms with Crippen LogP contribution in [0.1, 0.15) is 39.2 Å². The van der Waals surface area contributed by atoms with Gasteiger partial charge < -0.3 is 10.4 Å². The molecule has 0 aromatic carbocycles. The molecule has 0 aliphatic rings. The van der Waals surface area contributed by atoms with E-state index in [1.165, 1.54) is 12.8 Å². The van der Waals surface area contributed by atoms with Crippen molar-refractivity contribution in [3.63, 3.8) is 0 Å². The summed E-state index contributed by atoms with van der Waals surface area (Å²) in [6, 6.07) is 0. The van der Waals surface area contributed by atoms with E-state index in [-0.39, 0.29) is 0 Å². The number of aliphatic hydroxyl groups is 1. The molecule has 98 valence electrons. The Morgan fingerprint density at radius 3 is 2.82 bits per heavy atom. The maximum atomic E-state index is 10.3. The Morgan fingerprint density at radius 2 is 2.29 bits per heavy atom. The smallest absolute Gasteiger partial charge is 0.102 e. The van der Waals surface area contributed by atoms with Crippen molar-refractivity contribution in [3.05, 3.63) is 18.0 Å². The van der Waals surface area contributed by atoms with E-state index in [2.05, 4.69) is 24.3 Å². The lowest BCUT2D eigenvalue weighted by Crippen LogP contribution is -2.37. The average molecular weight is 239 g/mol. The molecule has 17 heavy (non-hydrogen) atoms. The van der Waals surface area contributed by atoms with Gasteiger partial charge in [-0.1, -0.05) is 20.3 Å². The third-order valence-electron chi connectivity index (χ3n) is 3.07. The summed E-state index contributed by atoms with van der Waals surface area (Å²) >= 11 is 0. The number of hydrogen-bond donors (Lipinski definition) is 2. The third-order valence-corrected chi connectivity index (χ3v) is 3.07. The molecular weight excluding hydrogens is 214 g/mol. The molecule has 0 radical (unpaired) electrons. The second-order valence-electron chi connectivity index (χ2n) is 5.20. The molecule has 1 heterocycles. The van der Waals surface area contributed by atoms with Crippen LogP contribution in [0.4, 0.5) is 0 Å². The van der Waals surface area contributed by atoms with Crippen molar-refractivity contribution in [1.82, 2.24) is 15.1 Å². The normalized spacial score (nSPS) is 16.8. The van der Waals surface area contributed by atoms with E-state index in [4.69, 9.17) is 0 Å².